The summed E-state index contributed by atoms with van der Waals surface area (Å²) >= 11 is 0. The fraction of sp³-hybridized carbons (Fsp3) is 0.333. The molecule has 0 unspecified atom stereocenters. The van der Waals surface area contributed by atoms with Gasteiger partial charge in [0.25, 0.3) is 5.91 Å². The van der Waals surface area contributed by atoms with Gasteiger partial charge in [-0.2, -0.15) is 4.98 Å². The molecule has 3 aromatic rings. The molecule has 15 nitrogen and oxygen atoms in total. The Balaban J connectivity index is 1.53. The number of aromatic nitrogens is 4. The highest BCUT2D eigenvalue weighted by Crippen LogP contribution is 2.38. The van der Waals surface area contributed by atoms with Crippen LogP contribution in [0.2, 0.25) is 0 Å². The first-order valence-corrected chi connectivity index (χ1v) is 11.3. The van der Waals surface area contributed by atoms with E-state index in [1.165, 1.54) is 0 Å². The molecule has 34 heavy (non-hydrogen) atoms. The Morgan fingerprint density at radius 1 is 1.24 bits per heavy atom. The van der Waals surface area contributed by atoms with E-state index >= 15 is 0 Å². The number of phosphoric ester groups is 1. The number of imidazole rings is 1. The van der Waals surface area contributed by atoms with E-state index in [1.54, 1.807) is 30.3 Å². The van der Waals surface area contributed by atoms with Crippen LogP contribution in [0.25, 0.3) is 11.2 Å². The van der Waals surface area contributed by atoms with E-state index < -0.39 is 50.6 Å². The first-order chi connectivity index (χ1) is 16.1. The molecule has 1 fully saturated rings. The van der Waals surface area contributed by atoms with Gasteiger partial charge < -0.3 is 34.8 Å². The summed E-state index contributed by atoms with van der Waals surface area (Å²) in [7, 11) is -4.84. The Hall–Kier alpha value is -3.17. The summed E-state index contributed by atoms with van der Waals surface area (Å²) < 4.78 is 27.2. The number of hydrogen-bond donors (Lipinski definition) is 6. The van der Waals surface area contributed by atoms with Crippen LogP contribution >= 0.6 is 7.82 Å². The van der Waals surface area contributed by atoms with Crippen LogP contribution in [-0.4, -0.2) is 77.0 Å². The van der Waals surface area contributed by atoms with Gasteiger partial charge in [-0.1, -0.05) is 18.2 Å². The summed E-state index contributed by atoms with van der Waals surface area (Å²) in [5, 5.41) is 23.0. The van der Waals surface area contributed by atoms with Crippen molar-refractivity contribution in [2.75, 3.05) is 18.5 Å². The van der Waals surface area contributed by atoms with Crippen LogP contribution < -0.4 is 15.7 Å². The maximum Gasteiger partial charge on any atom is 0.469 e. The molecule has 0 aliphatic carbocycles. The van der Waals surface area contributed by atoms with E-state index in [2.05, 4.69) is 24.8 Å². The molecule has 1 aliphatic rings. The Labute approximate surface area is 190 Å². The number of fused-ring (bicyclic) bond motifs is 1. The predicted octanol–water partition coefficient (Wildman–Crippen LogP) is -1.13. The van der Waals surface area contributed by atoms with E-state index in [4.69, 9.17) is 19.3 Å². The summed E-state index contributed by atoms with van der Waals surface area (Å²) in [5.74, 6) is -0.202. The molecule has 1 saturated heterocycles. The van der Waals surface area contributed by atoms with E-state index in [-0.39, 0.29) is 23.6 Å². The number of aliphatic hydroxyl groups excluding tert-OH is 2. The van der Waals surface area contributed by atoms with Crippen molar-refractivity contribution in [1.82, 2.24) is 19.5 Å². The highest BCUT2D eigenvalue weighted by atomic mass is 31.2. The summed E-state index contributed by atoms with van der Waals surface area (Å²) in [6.07, 6.45) is -4.58. The maximum atomic E-state index is 12.3. The molecular weight excluding hydrogens is 477 g/mol. The van der Waals surface area contributed by atoms with Gasteiger partial charge in [-0.15, -0.1) is 0 Å². The summed E-state index contributed by atoms with van der Waals surface area (Å²) in [4.78, 5) is 52.3. The first-order valence-electron chi connectivity index (χ1n) is 9.78. The van der Waals surface area contributed by atoms with Crippen LogP contribution in [0, 0.1) is 0 Å². The third-order valence-electron chi connectivity index (χ3n) is 4.84. The van der Waals surface area contributed by atoms with Crippen LogP contribution in [0.1, 0.15) is 6.23 Å². The first kappa shape index (κ1) is 24.0. The van der Waals surface area contributed by atoms with Crippen LogP contribution in [0.4, 0.5) is 5.82 Å². The van der Waals surface area contributed by atoms with Crippen LogP contribution in [0.15, 0.2) is 41.5 Å². The second-order valence-corrected chi connectivity index (χ2v) is 8.46. The van der Waals surface area contributed by atoms with Gasteiger partial charge >= 0.3 is 13.5 Å². The van der Waals surface area contributed by atoms with Crippen molar-refractivity contribution < 1.29 is 43.4 Å². The molecule has 1 amide bonds. The number of benzene rings is 1. The molecule has 182 valence electrons. The number of carbonyl (C=O) groups excluding carboxylic acids is 1. The van der Waals surface area contributed by atoms with Gasteiger partial charge in [-0.05, 0) is 12.1 Å². The van der Waals surface area contributed by atoms with Gasteiger partial charge in [0.2, 0.25) is 0 Å². The Kier molecular flexibility index (Phi) is 6.77. The lowest BCUT2D eigenvalue weighted by Crippen LogP contribution is -2.33. The minimum absolute atomic E-state index is 0.0490. The standard InChI is InChI=1S/C18H20N5O10P/c24-11(7-31-9-4-2-1-3-5-9)20-15-12-16(22-18(27)21-15)23(8-19-12)17-14(26)13(25)10(33-17)6-32-34(28,29)30/h1-5,8,10,13-14,17,25-26H,6-7H2,(H2,28,29,30)(H2,20,21,22,24,27)/t10-,13-,14-,17-/m1/s1. The number of carbonyl (C=O) groups is 1. The Bertz CT molecular complexity index is 1280. The number of H-pyrrole nitrogens is 1. The number of hydrogen-bond acceptors (Lipinski definition) is 10. The largest absolute Gasteiger partial charge is 0.484 e. The van der Waals surface area contributed by atoms with Crippen LogP contribution in [-0.2, 0) is 18.6 Å². The number of aromatic amines is 1. The highest BCUT2D eigenvalue weighted by molar-refractivity contribution is 7.46. The Morgan fingerprint density at radius 2 is 1.97 bits per heavy atom. The predicted molar refractivity (Wildman–Crippen MR) is 113 cm³/mol. The normalized spacial score (nSPS) is 22.7. The summed E-state index contributed by atoms with van der Waals surface area (Å²) in [5.41, 5.74) is -0.883. The average Bonchev–Trinajstić information content (AvgIpc) is 3.32. The minimum atomic E-state index is -4.84. The smallest absolute Gasteiger partial charge is 0.469 e. The number of nitrogens with one attached hydrogen (secondary N) is 2. The lowest BCUT2D eigenvalue weighted by Gasteiger charge is -2.16. The minimum Gasteiger partial charge on any atom is -0.484 e. The van der Waals surface area contributed by atoms with Crippen molar-refractivity contribution in [1.29, 1.82) is 0 Å². The molecular formula is C18H20N5O10P. The number of amides is 1. The fourth-order valence-electron chi connectivity index (χ4n) is 3.32. The van der Waals surface area contributed by atoms with Crippen molar-refractivity contribution in [3.63, 3.8) is 0 Å². The zero-order valence-corrected chi connectivity index (χ0v) is 18.1. The molecule has 6 N–H and O–H groups in total. The lowest BCUT2D eigenvalue weighted by atomic mass is 10.1. The van der Waals surface area contributed by atoms with Crippen molar-refractivity contribution >= 4 is 30.7 Å². The number of nitrogens with zero attached hydrogens (tertiary/aromatic N) is 3. The number of anilines is 1. The molecule has 4 atom stereocenters. The van der Waals surface area contributed by atoms with Crippen molar-refractivity contribution in [3.8, 4) is 5.75 Å². The number of rotatable bonds is 8. The van der Waals surface area contributed by atoms with Crippen molar-refractivity contribution in [2.24, 2.45) is 0 Å². The van der Waals surface area contributed by atoms with Crippen molar-refractivity contribution in [2.45, 2.75) is 24.5 Å². The molecule has 16 heteroatoms. The van der Waals surface area contributed by atoms with E-state index in [9.17, 15) is 24.4 Å². The number of phosphoric acid groups is 1. The highest BCUT2D eigenvalue weighted by Gasteiger charge is 2.45. The number of para-hydroxylation sites is 1. The molecule has 3 heterocycles. The SMILES string of the molecule is O=C(COc1ccccc1)Nc1[nH]c(=O)nc2c1ncn2[C@@H]1O[C@H](COP(=O)(O)O)[C@@H](O)[C@H]1O. The van der Waals surface area contributed by atoms with Gasteiger partial charge in [0, 0.05) is 0 Å². The van der Waals surface area contributed by atoms with Crippen molar-refractivity contribution in [3.05, 3.63) is 47.1 Å². The zero-order valence-electron chi connectivity index (χ0n) is 17.2. The van der Waals surface area contributed by atoms with E-state index in [0.29, 0.717) is 5.75 Å². The topological polar surface area (TPSA) is 218 Å². The molecule has 4 rings (SSSR count). The molecule has 0 radical (unpaired) electrons. The van der Waals surface area contributed by atoms with Gasteiger partial charge in [-0.25, -0.2) is 14.3 Å². The molecule has 0 spiro atoms. The van der Waals surface area contributed by atoms with E-state index in [0.717, 1.165) is 10.9 Å². The number of aliphatic hydroxyl groups is 2. The van der Waals surface area contributed by atoms with Gasteiger partial charge in [-0.3, -0.25) is 18.9 Å². The molecule has 2 aromatic heterocycles. The molecule has 0 bridgehead atoms. The second kappa shape index (κ2) is 9.60. The second-order valence-electron chi connectivity index (χ2n) is 7.22. The quantitative estimate of drug-likeness (QED) is 0.204. The monoisotopic (exact) mass is 497 g/mol. The lowest BCUT2D eigenvalue weighted by molar-refractivity contribution is -0.118. The van der Waals surface area contributed by atoms with Gasteiger partial charge in [0.15, 0.2) is 18.5 Å². The van der Waals surface area contributed by atoms with Gasteiger partial charge in [0.1, 0.15) is 35.4 Å². The fourth-order valence-corrected chi connectivity index (χ4v) is 3.66. The molecule has 0 saturated carbocycles. The third-order valence-corrected chi connectivity index (χ3v) is 5.33. The summed E-state index contributed by atoms with van der Waals surface area (Å²) in [6, 6.07) is 8.60. The zero-order chi connectivity index (χ0) is 24.5. The van der Waals surface area contributed by atoms with Crippen LogP contribution in [0.5, 0.6) is 5.75 Å². The third kappa shape index (κ3) is 5.31. The number of ether oxygens (including phenoxy) is 2. The Morgan fingerprint density at radius 3 is 2.68 bits per heavy atom. The average molecular weight is 497 g/mol. The molecule has 1 aliphatic heterocycles. The van der Waals surface area contributed by atoms with Crippen LogP contribution in [0.3, 0.4) is 0 Å². The summed E-state index contributed by atoms with van der Waals surface area (Å²) in [6.45, 7) is -1.06. The molecule has 1 aromatic carbocycles. The van der Waals surface area contributed by atoms with E-state index in [1.807, 2.05) is 0 Å². The van der Waals surface area contributed by atoms with Gasteiger partial charge in [0.05, 0.1) is 12.9 Å². The maximum absolute atomic E-state index is 12.3.